The Kier molecular flexibility index (Phi) is 2.30. The van der Waals surface area contributed by atoms with Crippen LogP contribution in [0.5, 0.6) is 0 Å². The molecule has 18 heavy (non-hydrogen) atoms. The van der Waals surface area contributed by atoms with E-state index in [1.165, 1.54) is 0 Å². The van der Waals surface area contributed by atoms with Crippen molar-refractivity contribution in [3.8, 4) is 11.4 Å². The average molecular weight is 238 g/mol. The number of hydrogen-bond donors (Lipinski definition) is 1. The Morgan fingerprint density at radius 1 is 1.22 bits per heavy atom. The van der Waals surface area contributed by atoms with Gasteiger partial charge in [-0.2, -0.15) is 0 Å². The van der Waals surface area contributed by atoms with E-state index in [0.29, 0.717) is 0 Å². The monoisotopic (exact) mass is 238 g/mol. The SMILES string of the molecule is Cc1cc(N)ccc1-c1nc2ncccc2n1C. The number of benzene rings is 1. The van der Waals surface area contributed by atoms with Crippen molar-refractivity contribution in [1.29, 1.82) is 0 Å². The zero-order chi connectivity index (χ0) is 12.7. The van der Waals surface area contributed by atoms with Gasteiger partial charge in [0.15, 0.2) is 5.65 Å². The molecule has 0 saturated heterocycles. The van der Waals surface area contributed by atoms with Crippen molar-refractivity contribution in [2.24, 2.45) is 7.05 Å². The molecule has 0 amide bonds. The molecule has 2 aromatic heterocycles. The highest BCUT2D eigenvalue weighted by molar-refractivity contribution is 5.78. The highest BCUT2D eigenvalue weighted by atomic mass is 15.1. The lowest BCUT2D eigenvalue weighted by atomic mass is 10.1. The number of nitrogens with two attached hydrogens (primary N) is 1. The third kappa shape index (κ3) is 1.54. The normalized spacial score (nSPS) is 11.0. The molecule has 3 rings (SSSR count). The molecule has 0 aliphatic heterocycles. The molecule has 0 radical (unpaired) electrons. The molecule has 4 nitrogen and oxygen atoms in total. The molecule has 0 spiro atoms. The summed E-state index contributed by atoms with van der Waals surface area (Å²) in [4.78, 5) is 8.86. The summed E-state index contributed by atoms with van der Waals surface area (Å²) in [5, 5.41) is 0. The van der Waals surface area contributed by atoms with Gasteiger partial charge >= 0.3 is 0 Å². The highest BCUT2D eigenvalue weighted by Gasteiger charge is 2.12. The predicted octanol–water partition coefficient (Wildman–Crippen LogP) is 2.53. The first-order valence-electron chi connectivity index (χ1n) is 5.81. The minimum atomic E-state index is 0.770. The van der Waals surface area contributed by atoms with E-state index in [1.54, 1.807) is 6.20 Å². The molecule has 0 aliphatic rings. The van der Waals surface area contributed by atoms with Gasteiger partial charge in [-0.15, -0.1) is 0 Å². The van der Waals surface area contributed by atoms with Crippen molar-refractivity contribution < 1.29 is 0 Å². The van der Waals surface area contributed by atoms with Crippen LogP contribution in [0.3, 0.4) is 0 Å². The molecule has 2 heterocycles. The number of aromatic nitrogens is 3. The number of rotatable bonds is 1. The molecular formula is C14H14N4. The quantitative estimate of drug-likeness (QED) is 0.663. The summed E-state index contributed by atoms with van der Waals surface area (Å²) < 4.78 is 2.06. The van der Waals surface area contributed by atoms with E-state index in [4.69, 9.17) is 5.73 Å². The number of nitrogen functional groups attached to an aromatic ring is 1. The van der Waals surface area contributed by atoms with Crippen molar-refractivity contribution in [1.82, 2.24) is 14.5 Å². The number of imidazole rings is 1. The van der Waals surface area contributed by atoms with Crippen LogP contribution in [-0.4, -0.2) is 14.5 Å². The number of anilines is 1. The zero-order valence-corrected chi connectivity index (χ0v) is 10.4. The van der Waals surface area contributed by atoms with E-state index < -0.39 is 0 Å². The molecule has 1 aromatic carbocycles. The van der Waals surface area contributed by atoms with E-state index in [9.17, 15) is 0 Å². The van der Waals surface area contributed by atoms with Gasteiger partial charge in [-0.1, -0.05) is 0 Å². The Labute approximate surface area is 105 Å². The van der Waals surface area contributed by atoms with Gasteiger partial charge in [-0.3, -0.25) is 0 Å². The smallest absolute Gasteiger partial charge is 0.178 e. The Bertz CT molecular complexity index is 728. The molecule has 4 heteroatoms. The van der Waals surface area contributed by atoms with Crippen LogP contribution in [0.2, 0.25) is 0 Å². The van der Waals surface area contributed by atoms with Crippen molar-refractivity contribution in [2.75, 3.05) is 5.73 Å². The first-order chi connectivity index (χ1) is 8.66. The summed E-state index contributed by atoms with van der Waals surface area (Å²) in [5.74, 6) is 0.918. The van der Waals surface area contributed by atoms with Gasteiger partial charge in [0, 0.05) is 24.5 Å². The van der Waals surface area contributed by atoms with Crippen LogP contribution < -0.4 is 5.73 Å². The molecule has 2 N–H and O–H groups in total. The average Bonchev–Trinajstić information content (AvgIpc) is 2.68. The van der Waals surface area contributed by atoms with Crippen molar-refractivity contribution in [3.63, 3.8) is 0 Å². The van der Waals surface area contributed by atoms with Crippen LogP contribution in [0.25, 0.3) is 22.6 Å². The number of fused-ring (bicyclic) bond motifs is 1. The standard InChI is InChI=1S/C14H14N4/c1-9-8-10(15)5-6-11(9)14-17-13-12(18(14)2)4-3-7-16-13/h3-8H,15H2,1-2H3. The first kappa shape index (κ1) is 10.8. The summed E-state index contributed by atoms with van der Waals surface area (Å²) in [6.07, 6.45) is 1.76. The Hall–Kier alpha value is -2.36. The van der Waals surface area contributed by atoms with Crippen LogP contribution in [0, 0.1) is 6.92 Å². The van der Waals surface area contributed by atoms with Crippen molar-refractivity contribution >= 4 is 16.9 Å². The molecular weight excluding hydrogens is 224 g/mol. The van der Waals surface area contributed by atoms with Gasteiger partial charge in [0.05, 0.1) is 5.52 Å². The third-order valence-electron chi connectivity index (χ3n) is 3.15. The largest absolute Gasteiger partial charge is 0.399 e. The van der Waals surface area contributed by atoms with Gasteiger partial charge < -0.3 is 10.3 Å². The second-order valence-corrected chi connectivity index (χ2v) is 4.41. The van der Waals surface area contributed by atoms with E-state index >= 15 is 0 Å². The molecule has 0 unspecified atom stereocenters. The first-order valence-corrected chi connectivity index (χ1v) is 5.81. The topological polar surface area (TPSA) is 56.7 Å². The lowest BCUT2D eigenvalue weighted by Gasteiger charge is -2.06. The number of nitrogens with zero attached hydrogens (tertiary/aromatic N) is 3. The van der Waals surface area contributed by atoms with Crippen LogP contribution >= 0.6 is 0 Å². The minimum Gasteiger partial charge on any atom is -0.399 e. The summed E-state index contributed by atoms with van der Waals surface area (Å²) in [6, 6.07) is 9.80. The maximum atomic E-state index is 5.78. The summed E-state index contributed by atoms with van der Waals surface area (Å²) in [6.45, 7) is 2.04. The molecule has 90 valence electrons. The minimum absolute atomic E-state index is 0.770. The summed E-state index contributed by atoms with van der Waals surface area (Å²) >= 11 is 0. The summed E-state index contributed by atoms with van der Waals surface area (Å²) in [7, 11) is 2.00. The summed E-state index contributed by atoms with van der Waals surface area (Å²) in [5.41, 5.74) is 10.6. The van der Waals surface area contributed by atoms with Gasteiger partial charge in [0.1, 0.15) is 5.82 Å². The van der Waals surface area contributed by atoms with Crippen LogP contribution in [0.15, 0.2) is 36.5 Å². The molecule has 0 bridgehead atoms. The molecule has 0 fully saturated rings. The van der Waals surface area contributed by atoms with Gasteiger partial charge in [0.2, 0.25) is 0 Å². The molecule has 0 atom stereocenters. The lowest BCUT2D eigenvalue weighted by Crippen LogP contribution is -1.95. The third-order valence-corrected chi connectivity index (χ3v) is 3.15. The zero-order valence-electron chi connectivity index (χ0n) is 10.4. The fourth-order valence-electron chi connectivity index (χ4n) is 2.20. The van der Waals surface area contributed by atoms with Crippen molar-refractivity contribution in [3.05, 3.63) is 42.1 Å². The van der Waals surface area contributed by atoms with E-state index in [1.807, 2.05) is 44.3 Å². The van der Waals surface area contributed by atoms with E-state index in [2.05, 4.69) is 14.5 Å². The van der Waals surface area contributed by atoms with Gasteiger partial charge in [-0.25, -0.2) is 9.97 Å². The molecule has 0 saturated carbocycles. The fraction of sp³-hybridized carbons (Fsp3) is 0.143. The van der Waals surface area contributed by atoms with Crippen LogP contribution in [0.1, 0.15) is 5.56 Å². The maximum absolute atomic E-state index is 5.78. The fourth-order valence-corrected chi connectivity index (χ4v) is 2.20. The molecule has 3 aromatic rings. The Morgan fingerprint density at radius 2 is 2.06 bits per heavy atom. The van der Waals surface area contributed by atoms with E-state index in [-0.39, 0.29) is 0 Å². The van der Waals surface area contributed by atoms with Crippen molar-refractivity contribution in [2.45, 2.75) is 6.92 Å². The number of hydrogen-bond acceptors (Lipinski definition) is 3. The van der Waals surface area contributed by atoms with Gasteiger partial charge in [-0.05, 0) is 42.8 Å². The number of pyridine rings is 1. The Morgan fingerprint density at radius 3 is 2.78 bits per heavy atom. The predicted molar refractivity (Wildman–Crippen MR) is 73.1 cm³/mol. The molecule has 0 aliphatic carbocycles. The second-order valence-electron chi connectivity index (χ2n) is 4.41. The van der Waals surface area contributed by atoms with Crippen LogP contribution in [0.4, 0.5) is 5.69 Å². The maximum Gasteiger partial charge on any atom is 0.178 e. The van der Waals surface area contributed by atoms with Gasteiger partial charge in [0.25, 0.3) is 0 Å². The van der Waals surface area contributed by atoms with Crippen LogP contribution in [-0.2, 0) is 7.05 Å². The second kappa shape index (κ2) is 3.84. The Balaban J connectivity index is 2.28. The highest BCUT2D eigenvalue weighted by Crippen LogP contribution is 2.26. The van der Waals surface area contributed by atoms with E-state index in [0.717, 1.165) is 33.8 Å². The number of aryl methyl sites for hydroxylation is 2. The lowest BCUT2D eigenvalue weighted by molar-refractivity contribution is 0.957.